The Morgan fingerprint density at radius 3 is 2.66 bits per heavy atom. The quantitative estimate of drug-likeness (QED) is 0.297. The second kappa shape index (κ2) is 9.25. The Kier molecular flexibility index (Phi) is 6.42. The molecule has 4 rings (SSSR count). The van der Waals surface area contributed by atoms with Crippen LogP contribution in [-0.2, 0) is 4.79 Å². The van der Waals surface area contributed by atoms with Gasteiger partial charge in [-0.1, -0.05) is 40.9 Å². The van der Waals surface area contributed by atoms with Crippen LogP contribution in [0.5, 0.6) is 5.75 Å². The third kappa shape index (κ3) is 4.75. The van der Waals surface area contributed by atoms with Gasteiger partial charge >= 0.3 is 0 Å². The molecule has 0 aliphatic heterocycles. The maximum absolute atomic E-state index is 12.5. The Bertz CT molecular complexity index is 1360. The summed E-state index contributed by atoms with van der Waals surface area (Å²) in [5, 5.41) is 3.93. The predicted molar refractivity (Wildman–Crippen MR) is 130 cm³/mol. The highest BCUT2D eigenvalue weighted by Gasteiger charge is 2.12. The number of aromatic nitrogens is 1. The Morgan fingerprint density at radius 1 is 1.06 bits per heavy atom. The summed E-state index contributed by atoms with van der Waals surface area (Å²) in [7, 11) is 1.49. The number of hydrogen-bond acceptors (Lipinski definition) is 4. The minimum atomic E-state index is -0.393. The number of amides is 1. The smallest absolute Gasteiger partial charge is 0.248 e. The number of ether oxygens (including phenoxy) is 1. The van der Waals surface area contributed by atoms with Gasteiger partial charge in [0.25, 0.3) is 0 Å². The van der Waals surface area contributed by atoms with Crippen LogP contribution in [0.15, 0.2) is 59.0 Å². The fourth-order valence-electron chi connectivity index (χ4n) is 3.17. The number of hydrogen-bond donors (Lipinski definition) is 1. The summed E-state index contributed by atoms with van der Waals surface area (Å²) in [6, 6.07) is 14.2. The molecule has 0 bridgehead atoms. The molecule has 162 valence electrons. The van der Waals surface area contributed by atoms with Crippen LogP contribution in [0.4, 0.5) is 5.69 Å². The fraction of sp³-hybridized carbons (Fsp3) is 0.0833. The molecule has 3 aromatic carbocycles. The number of aryl methyl sites for hydroxylation is 1. The van der Waals surface area contributed by atoms with Crippen LogP contribution < -0.4 is 10.1 Å². The van der Waals surface area contributed by atoms with E-state index in [4.69, 9.17) is 44.0 Å². The molecule has 1 N–H and O–H groups in total. The molecule has 1 amide bonds. The lowest BCUT2D eigenvalue weighted by molar-refractivity contribution is -0.111. The first kappa shape index (κ1) is 22.2. The number of nitrogens with one attached hydrogen (secondary N) is 1. The van der Waals surface area contributed by atoms with Crippen LogP contribution in [-0.4, -0.2) is 18.0 Å². The molecule has 0 spiro atoms. The molecule has 0 saturated heterocycles. The van der Waals surface area contributed by atoms with E-state index in [2.05, 4.69) is 10.3 Å². The summed E-state index contributed by atoms with van der Waals surface area (Å²) < 4.78 is 11.1. The van der Waals surface area contributed by atoms with Crippen LogP contribution >= 0.6 is 34.8 Å². The lowest BCUT2D eigenvalue weighted by atomic mass is 10.1. The van der Waals surface area contributed by atoms with E-state index in [0.29, 0.717) is 49.1 Å². The van der Waals surface area contributed by atoms with Crippen LogP contribution in [0.1, 0.15) is 11.1 Å². The zero-order chi connectivity index (χ0) is 22.8. The molecule has 8 heteroatoms. The number of nitrogens with zero attached hydrogens (tertiary/aromatic N) is 1. The van der Waals surface area contributed by atoms with Gasteiger partial charge in [0.2, 0.25) is 11.8 Å². The van der Waals surface area contributed by atoms with Gasteiger partial charge in [-0.25, -0.2) is 4.98 Å². The van der Waals surface area contributed by atoms with Crippen LogP contribution in [0, 0.1) is 6.92 Å². The summed E-state index contributed by atoms with van der Waals surface area (Å²) >= 11 is 18.5. The van der Waals surface area contributed by atoms with E-state index in [1.807, 2.05) is 25.1 Å². The number of carbonyl (C=O) groups excluding carboxylic acids is 1. The van der Waals surface area contributed by atoms with E-state index in [9.17, 15) is 4.79 Å². The zero-order valence-electron chi connectivity index (χ0n) is 17.1. The van der Waals surface area contributed by atoms with E-state index in [0.717, 1.165) is 11.1 Å². The maximum atomic E-state index is 12.5. The average Bonchev–Trinajstić information content (AvgIpc) is 3.16. The fourth-order valence-corrected chi connectivity index (χ4v) is 3.93. The van der Waals surface area contributed by atoms with Gasteiger partial charge in [0, 0.05) is 22.2 Å². The third-order valence-electron chi connectivity index (χ3n) is 4.67. The summed E-state index contributed by atoms with van der Waals surface area (Å²) in [6.45, 7) is 1.99. The van der Waals surface area contributed by atoms with Gasteiger partial charge in [0.15, 0.2) is 5.58 Å². The molecule has 0 aliphatic rings. The minimum absolute atomic E-state index is 0.351. The van der Waals surface area contributed by atoms with E-state index in [1.54, 1.807) is 36.4 Å². The SMILES string of the molecule is COc1c(Cl)cc(Cl)cc1C=CC(=O)Nc1cc(-c2nc3cc(C)ccc3o2)ccc1Cl. The largest absolute Gasteiger partial charge is 0.495 e. The average molecular weight is 488 g/mol. The van der Waals surface area contributed by atoms with Crippen molar-refractivity contribution in [3.8, 4) is 17.2 Å². The highest BCUT2D eigenvalue weighted by molar-refractivity contribution is 6.36. The van der Waals surface area contributed by atoms with Crippen LogP contribution in [0.3, 0.4) is 0 Å². The van der Waals surface area contributed by atoms with Crippen LogP contribution in [0.2, 0.25) is 15.1 Å². The minimum Gasteiger partial charge on any atom is -0.495 e. The van der Waals surface area contributed by atoms with Crippen molar-refractivity contribution in [1.29, 1.82) is 0 Å². The molecule has 1 heterocycles. The van der Waals surface area contributed by atoms with Gasteiger partial charge in [0.05, 0.1) is 22.8 Å². The number of rotatable bonds is 5. The summed E-state index contributed by atoms with van der Waals surface area (Å²) in [4.78, 5) is 17.1. The maximum Gasteiger partial charge on any atom is 0.248 e. The summed E-state index contributed by atoms with van der Waals surface area (Å²) in [5.74, 6) is 0.466. The molecular weight excluding hydrogens is 471 g/mol. The highest BCUT2D eigenvalue weighted by Crippen LogP contribution is 2.33. The number of benzene rings is 3. The van der Waals surface area contributed by atoms with Crippen LogP contribution in [0.25, 0.3) is 28.6 Å². The predicted octanol–water partition coefficient (Wildman–Crippen LogP) is 7.42. The summed E-state index contributed by atoms with van der Waals surface area (Å²) in [6.07, 6.45) is 2.91. The summed E-state index contributed by atoms with van der Waals surface area (Å²) in [5.41, 5.74) is 4.22. The topological polar surface area (TPSA) is 64.4 Å². The van der Waals surface area contributed by atoms with Crippen molar-refractivity contribution >= 4 is 63.6 Å². The standard InChI is InChI=1S/C24H17Cl3N2O3/c1-13-3-7-21-20(9-13)29-24(32-21)15-4-6-17(26)19(11-15)28-22(30)8-5-14-10-16(25)12-18(27)23(14)31-2/h3-12H,1-2H3,(H,28,30). The van der Waals surface area contributed by atoms with Gasteiger partial charge < -0.3 is 14.5 Å². The molecule has 0 fully saturated rings. The normalized spacial score (nSPS) is 11.3. The highest BCUT2D eigenvalue weighted by atomic mass is 35.5. The Morgan fingerprint density at radius 2 is 1.88 bits per heavy atom. The Balaban J connectivity index is 1.58. The first-order valence-electron chi connectivity index (χ1n) is 9.53. The Labute approximate surface area is 199 Å². The van der Waals surface area contributed by atoms with Crippen molar-refractivity contribution < 1.29 is 13.9 Å². The van der Waals surface area contributed by atoms with Gasteiger partial charge in [-0.05, 0) is 61.0 Å². The molecule has 32 heavy (non-hydrogen) atoms. The first-order valence-corrected chi connectivity index (χ1v) is 10.7. The first-order chi connectivity index (χ1) is 15.3. The number of halogens is 3. The molecule has 0 unspecified atom stereocenters. The van der Waals surface area contributed by atoms with Crippen molar-refractivity contribution in [2.75, 3.05) is 12.4 Å². The number of oxazole rings is 1. The molecule has 0 saturated carbocycles. The van der Waals surface area contributed by atoms with E-state index in [-0.39, 0.29) is 0 Å². The van der Waals surface area contributed by atoms with Crippen molar-refractivity contribution in [3.63, 3.8) is 0 Å². The van der Waals surface area contributed by atoms with Gasteiger partial charge in [-0.3, -0.25) is 4.79 Å². The second-order valence-corrected chi connectivity index (χ2v) is 8.27. The zero-order valence-corrected chi connectivity index (χ0v) is 19.3. The van der Waals surface area contributed by atoms with Gasteiger partial charge in [-0.2, -0.15) is 0 Å². The van der Waals surface area contributed by atoms with Crippen molar-refractivity contribution in [1.82, 2.24) is 4.98 Å². The number of anilines is 1. The number of carbonyl (C=O) groups is 1. The van der Waals surface area contributed by atoms with Crippen molar-refractivity contribution in [2.45, 2.75) is 6.92 Å². The Hall–Kier alpha value is -2.99. The third-order valence-corrected chi connectivity index (χ3v) is 5.50. The van der Waals surface area contributed by atoms with Crippen molar-refractivity contribution in [2.24, 2.45) is 0 Å². The number of methoxy groups -OCH3 is 1. The van der Waals surface area contributed by atoms with Gasteiger partial charge in [0.1, 0.15) is 11.3 Å². The second-order valence-electron chi connectivity index (χ2n) is 7.02. The van der Waals surface area contributed by atoms with Crippen molar-refractivity contribution in [3.05, 3.63) is 80.8 Å². The van der Waals surface area contributed by atoms with E-state index >= 15 is 0 Å². The lowest BCUT2D eigenvalue weighted by Crippen LogP contribution is -2.08. The molecular formula is C24H17Cl3N2O3. The molecule has 0 atom stereocenters. The lowest BCUT2D eigenvalue weighted by Gasteiger charge is -2.08. The monoisotopic (exact) mass is 486 g/mol. The molecule has 0 aliphatic carbocycles. The molecule has 0 radical (unpaired) electrons. The van der Waals surface area contributed by atoms with Gasteiger partial charge in [-0.15, -0.1) is 0 Å². The number of fused-ring (bicyclic) bond motifs is 1. The molecule has 4 aromatic rings. The molecule has 5 nitrogen and oxygen atoms in total. The van der Waals surface area contributed by atoms with E-state index < -0.39 is 5.91 Å². The van der Waals surface area contributed by atoms with E-state index in [1.165, 1.54) is 13.2 Å². The molecule has 1 aromatic heterocycles.